The fourth-order valence-electron chi connectivity index (χ4n) is 5.65. The van der Waals surface area contributed by atoms with Gasteiger partial charge in [-0.05, 0) is 62.3 Å². The van der Waals surface area contributed by atoms with Crippen LogP contribution >= 0.6 is 0 Å². The molecule has 0 aromatic heterocycles. The maximum atomic E-state index is 13.2. The Kier molecular flexibility index (Phi) is 6.84. The molecule has 2 aromatic rings. The number of rotatable bonds is 4. The quantitative estimate of drug-likeness (QED) is 0.660. The third-order valence-corrected chi connectivity index (χ3v) is 7.30. The highest BCUT2D eigenvalue weighted by Crippen LogP contribution is 2.44. The second-order valence-corrected chi connectivity index (χ2v) is 11.1. The van der Waals surface area contributed by atoms with E-state index in [0.717, 1.165) is 24.0 Å². The molecule has 8 heteroatoms. The molecule has 0 radical (unpaired) electrons. The summed E-state index contributed by atoms with van der Waals surface area (Å²) in [6, 6.07) is 15.3. The van der Waals surface area contributed by atoms with Crippen molar-refractivity contribution in [2.45, 2.75) is 63.6 Å². The van der Waals surface area contributed by atoms with Gasteiger partial charge in [-0.15, -0.1) is 0 Å². The third-order valence-electron chi connectivity index (χ3n) is 7.30. The number of nitrogens with one attached hydrogen (secondary N) is 1. The fourth-order valence-corrected chi connectivity index (χ4v) is 5.65. The zero-order valence-electron chi connectivity index (χ0n) is 21.7. The van der Waals surface area contributed by atoms with Gasteiger partial charge in [-0.1, -0.05) is 48.5 Å². The summed E-state index contributed by atoms with van der Waals surface area (Å²) < 4.78 is 11.3. The zero-order chi connectivity index (χ0) is 26.2. The second kappa shape index (κ2) is 10.1. The summed E-state index contributed by atoms with van der Waals surface area (Å²) in [7, 11) is 0. The molecular weight excluding hydrogens is 470 g/mol. The number of carbonyl (C=O) groups is 3. The number of hydrogen-bond acceptors (Lipinski definition) is 5. The van der Waals surface area contributed by atoms with Crippen LogP contribution in [0.4, 0.5) is 9.59 Å². The molecule has 2 aromatic carbocycles. The molecule has 2 atom stereocenters. The predicted octanol–water partition coefficient (Wildman–Crippen LogP) is 4.53. The lowest BCUT2D eigenvalue weighted by molar-refractivity contribution is -0.134. The van der Waals surface area contributed by atoms with Crippen molar-refractivity contribution in [2.75, 3.05) is 26.2 Å². The number of benzene rings is 2. The first-order chi connectivity index (χ1) is 17.7. The number of alkyl carbamates (subject to hydrolysis) is 1. The van der Waals surface area contributed by atoms with Gasteiger partial charge in [0.25, 0.3) is 0 Å². The Bertz CT molecular complexity index is 1140. The Labute approximate surface area is 217 Å². The standard InChI is InChI=1S/C29H35N3O5/c1-29(2,3)37-28(35)32-17-19(16-25(32)26(33)31-14-8-9-15-31)30-27(34)36-18-24-22-12-6-4-10-20(22)21-11-5-7-13-23(21)24/h4-7,10-13,19,24-25H,8-9,14-18H2,1-3H3,(H,30,34)/t19-,25-/m0/s1. The van der Waals surface area contributed by atoms with Crippen LogP contribution < -0.4 is 5.32 Å². The van der Waals surface area contributed by atoms with E-state index in [4.69, 9.17) is 9.47 Å². The highest BCUT2D eigenvalue weighted by Gasteiger charge is 2.44. The van der Waals surface area contributed by atoms with Crippen LogP contribution in [0.2, 0.25) is 0 Å². The number of nitrogens with zero attached hydrogens (tertiary/aromatic N) is 2. The number of hydrogen-bond donors (Lipinski definition) is 1. The van der Waals surface area contributed by atoms with Gasteiger partial charge in [-0.25, -0.2) is 9.59 Å². The van der Waals surface area contributed by atoms with E-state index in [2.05, 4.69) is 29.6 Å². The first-order valence-corrected chi connectivity index (χ1v) is 13.1. The minimum absolute atomic E-state index is 0.0375. The monoisotopic (exact) mass is 505 g/mol. The van der Waals surface area contributed by atoms with Crippen LogP contribution in [0.5, 0.6) is 0 Å². The molecule has 2 fully saturated rings. The van der Waals surface area contributed by atoms with E-state index >= 15 is 0 Å². The van der Waals surface area contributed by atoms with Crippen molar-refractivity contribution in [1.82, 2.24) is 15.1 Å². The van der Waals surface area contributed by atoms with Crippen LogP contribution in [-0.2, 0) is 14.3 Å². The highest BCUT2D eigenvalue weighted by atomic mass is 16.6. The largest absolute Gasteiger partial charge is 0.449 e. The summed E-state index contributed by atoms with van der Waals surface area (Å²) in [6.07, 6.45) is 1.17. The van der Waals surface area contributed by atoms with Crippen molar-refractivity contribution in [3.63, 3.8) is 0 Å². The Morgan fingerprint density at radius 3 is 2.14 bits per heavy atom. The van der Waals surface area contributed by atoms with E-state index < -0.39 is 29.9 Å². The summed E-state index contributed by atoms with van der Waals surface area (Å²) in [5.74, 6) is -0.121. The van der Waals surface area contributed by atoms with Crippen LogP contribution in [0.3, 0.4) is 0 Å². The fraction of sp³-hybridized carbons (Fsp3) is 0.483. The molecule has 2 saturated heterocycles. The van der Waals surface area contributed by atoms with Crippen LogP contribution in [-0.4, -0.2) is 71.8 Å². The molecule has 1 N–H and O–H groups in total. The van der Waals surface area contributed by atoms with Crippen molar-refractivity contribution in [3.8, 4) is 11.1 Å². The highest BCUT2D eigenvalue weighted by molar-refractivity contribution is 5.87. The van der Waals surface area contributed by atoms with Gasteiger partial charge in [-0.3, -0.25) is 9.69 Å². The maximum absolute atomic E-state index is 13.2. The van der Waals surface area contributed by atoms with Gasteiger partial charge in [0, 0.05) is 25.6 Å². The van der Waals surface area contributed by atoms with Crippen LogP contribution in [0.15, 0.2) is 48.5 Å². The summed E-state index contributed by atoms with van der Waals surface area (Å²) in [5.41, 5.74) is 3.93. The van der Waals surface area contributed by atoms with Crippen molar-refractivity contribution in [3.05, 3.63) is 59.7 Å². The summed E-state index contributed by atoms with van der Waals surface area (Å²) >= 11 is 0. The molecular formula is C29H35N3O5. The number of ether oxygens (including phenoxy) is 2. The summed E-state index contributed by atoms with van der Waals surface area (Å²) in [6.45, 7) is 7.19. The van der Waals surface area contributed by atoms with Crippen molar-refractivity contribution in [1.29, 1.82) is 0 Å². The molecule has 2 aliphatic heterocycles. The Hall–Kier alpha value is -3.55. The number of carbonyl (C=O) groups excluding carboxylic acids is 3. The molecule has 0 saturated carbocycles. The van der Waals surface area contributed by atoms with E-state index in [-0.39, 0.29) is 25.0 Å². The maximum Gasteiger partial charge on any atom is 0.411 e. The first-order valence-electron chi connectivity index (χ1n) is 13.1. The molecule has 1 aliphatic carbocycles. The zero-order valence-corrected chi connectivity index (χ0v) is 21.7. The number of likely N-dealkylation sites (tertiary alicyclic amines) is 2. The van der Waals surface area contributed by atoms with Gasteiger partial charge in [-0.2, -0.15) is 0 Å². The lowest BCUT2D eigenvalue weighted by atomic mass is 9.98. The van der Waals surface area contributed by atoms with Gasteiger partial charge < -0.3 is 19.7 Å². The average molecular weight is 506 g/mol. The van der Waals surface area contributed by atoms with Gasteiger partial charge in [0.15, 0.2) is 0 Å². The third kappa shape index (κ3) is 5.29. The molecule has 196 valence electrons. The molecule has 5 rings (SSSR count). The SMILES string of the molecule is CC(C)(C)OC(=O)N1C[C@@H](NC(=O)OCC2c3ccccc3-c3ccccc32)C[C@H]1C(=O)N1CCCC1. The summed E-state index contributed by atoms with van der Waals surface area (Å²) in [4.78, 5) is 42.3. The van der Waals surface area contributed by atoms with Crippen molar-refractivity contribution >= 4 is 18.1 Å². The van der Waals surface area contributed by atoms with E-state index in [9.17, 15) is 14.4 Å². The number of amides is 3. The molecule has 2 heterocycles. The topological polar surface area (TPSA) is 88.2 Å². The number of fused-ring (bicyclic) bond motifs is 3. The van der Waals surface area contributed by atoms with E-state index in [0.29, 0.717) is 19.5 Å². The van der Waals surface area contributed by atoms with E-state index in [1.54, 1.807) is 25.7 Å². The molecule has 0 unspecified atom stereocenters. The van der Waals surface area contributed by atoms with E-state index in [1.165, 1.54) is 16.0 Å². The van der Waals surface area contributed by atoms with Gasteiger partial charge >= 0.3 is 12.2 Å². The molecule has 37 heavy (non-hydrogen) atoms. The molecule has 3 aliphatic rings. The minimum Gasteiger partial charge on any atom is -0.449 e. The molecule has 3 amide bonds. The average Bonchev–Trinajstić information content (AvgIpc) is 3.60. The lowest BCUT2D eigenvalue weighted by Crippen LogP contribution is -2.48. The molecule has 8 nitrogen and oxygen atoms in total. The molecule has 0 spiro atoms. The first kappa shape index (κ1) is 25.1. The van der Waals surface area contributed by atoms with Crippen LogP contribution in [0.25, 0.3) is 11.1 Å². The molecule has 0 bridgehead atoms. The van der Waals surface area contributed by atoms with Crippen LogP contribution in [0.1, 0.15) is 57.1 Å². The van der Waals surface area contributed by atoms with E-state index in [1.807, 2.05) is 24.3 Å². The van der Waals surface area contributed by atoms with Gasteiger partial charge in [0.1, 0.15) is 18.2 Å². The van der Waals surface area contributed by atoms with Crippen molar-refractivity contribution in [2.24, 2.45) is 0 Å². The predicted molar refractivity (Wildman–Crippen MR) is 139 cm³/mol. The smallest absolute Gasteiger partial charge is 0.411 e. The van der Waals surface area contributed by atoms with Crippen LogP contribution in [0, 0.1) is 0 Å². The second-order valence-electron chi connectivity index (χ2n) is 11.1. The van der Waals surface area contributed by atoms with Gasteiger partial charge in [0.05, 0.1) is 6.04 Å². The van der Waals surface area contributed by atoms with Gasteiger partial charge in [0.2, 0.25) is 5.91 Å². The van der Waals surface area contributed by atoms with Crippen molar-refractivity contribution < 1.29 is 23.9 Å². The Morgan fingerprint density at radius 2 is 1.54 bits per heavy atom. The normalized spacial score (nSPS) is 20.9. The minimum atomic E-state index is -0.684. The Morgan fingerprint density at radius 1 is 0.946 bits per heavy atom. The lowest BCUT2D eigenvalue weighted by Gasteiger charge is -2.29. The summed E-state index contributed by atoms with van der Waals surface area (Å²) in [5, 5.41) is 2.89. The Balaban J connectivity index is 1.24.